The molecule has 0 radical (unpaired) electrons. The maximum atomic E-state index is 13.6. The normalized spacial score (nSPS) is 19.9. The number of ether oxygens (including phenoxy) is 3. The van der Waals surface area contributed by atoms with Crippen LogP contribution < -0.4 is 14.8 Å². The van der Waals surface area contributed by atoms with Gasteiger partial charge in [-0.25, -0.2) is 4.79 Å². The maximum Gasteiger partial charge on any atom is 0.336 e. The van der Waals surface area contributed by atoms with Gasteiger partial charge in [-0.1, -0.05) is 43.3 Å². The summed E-state index contributed by atoms with van der Waals surface area (Å²) in [5, 5.41) is 3.36. The van der Waals surface area contributed by atoms with Crippen LogP contribution in [0, 0.1) is 0 Å². The van der Waals surface area contributed by atoms with E-state index in [0.717, 1.165) is 23.2 Å². The van der Waals surface area contributed by atoms with Gasteiger partial charge in [0.1, 0.15) is 0 Å². The lowest BCUT2D eigenvalue weighted by Crippen LogP contribution is -2.36. The molecule has 1 aliphatic heterocycles. The van der Waals surface area contributed by atoms with Gasteiger partial charge in [0.05, 0.1) is 26.4 Å². The number of allylic oxidation sites excluding steroid dienone is 3. The summed E-state index contributed by atoms with van der Waals surface area (Å²) in [5.74, 6) is 0.334. The fraction of sp³-hybridized carbons (Fsp3) is 0.357. The first-order valence-corrected chi connectivity index (χ1v) is 11.7. The van der Waals surface area contributed by atoms with Crippen molar-refractivity contribution in [3.63, 3.8) is 0 Å². The average molecular weight is 462 g/mol. The molecule has 0 unspecified atom stereocenters. The summed E-state index contributed by atoms with van der Waals surface area (Å²) in [6.07, 6.45) is 1.96. The highest BCUT2D eigenvalue weighted by Crippen LogP contribution is 2.46. The predicted octanol–water partition coefficient (Wildman–Crippen LogP) is 5.02. The Kier molecular flexibility index (Phi) is 7.06. The summed E-state index contributed by atoms with van der Waals surface area (Å²) in [5.41, 5.74) is 4.56. The highest BCUT2D eigenvalue weighted by atomic mass is 16.5. The Labute approximate surface area is 200 Å². The highest BCUT2D eigenvalue weighted by molar-refractivity contribution is 6.04. The first-order chi connectivity index (χ1) is 16.5. The zero-order chi connectivity index (χ0) is 24.2. The second kappa shape index (κ2) is 10.2. The fourth-order valence-electron chi connectivity index (χ4n) is 4.91. The van der Waals surface area contributed by atoms with E-state index < -0.39 is 11.9 Å². The average Bonchev–Trinajstić information content (AvgIpc) is 2.86. The molecule has 6 heteroatoms. The number of rotatable bonds is 7. The van der Waals surface area contributed by atoms with Crippen molar-refractivity contribution < 1.29 is 23.8 Å². The van der Waals surface area contributed by atoms with Crippen LogP contribution in [0.2, 0.25) is 0 Å². The summed E-state index contributed by atoms with van der Waals surface area (Å²) in [7, 11) is 2.95. The minimum atomic E-state index is -0.540. The smallest absolute Gasteiger partial charge is 0.336 e. The summed E-state index contributed by atoms with van der Waals surface area (Å²) in [4.78, 5) is 26.5. The molecule has 2 atom stereocenters. The first kappa shape index (κ1) is 23.6. The standard InChI is InChI=1S/C28H31NO5/c1-5-13-34-23-12-11-19(16-24(23)32-3)26-25(28(31)33-4)17(2)29-21-14-20(15-22(30)27(21)26)18-9-7-6-8-10-18/h6-12,16,20,26,29H,5,13-15H2,1-4H3/t20-,26+/m0/s1. The summed E-state index contributed by atoms with van der Waals surface area (Å²) in [6.45, 7) is 4.47. The minimum Gasteiger partial charge on any atom is -0.493 e. The van der Waals surface area contributed by atoms with Crippen molar-refractivity contribution in [2.45, 2.75) is 44.9 Å². The highest BCUT2D eigenvalue weighted by Gasteiger charge is 2.41. The summed E-state index contributed by atoms with van der Waals surface area (Å²) < 4.78 is 16.5. The molecule has 0 bridgehead atoms. The van der Waals surface area contributed by atoms with Gasteiger partial charge in [0.15, 0.2) is 17.3 Å². The van der Waals surface area contributed by atoms with Crippen LogP contribution in [-0.2, 0) is 14.3 Å². The van der Waals surface area contributed by atoms with Crippen LogP contribution in [0.5, 0.6) is 11.5 Å². The number of esters is 1. The molecular formula is C28H31NO5. The third kappa shape index (κ3) is 4.45. The third-order valence-electron chi connectivity index (χ3n) is 6.49. The second-order valence-corrected chi connectivity index (χ2v) is 8.68. The Balaban J connectivity index is 1.80. The molecule has 0 aromatic heterocycles. The summed E-state index contributed by atoms with van der Waals surface area (Å²) >= 11 is 0. The fourth-order valence-corrected chi connectivity index (χ4v) is 4.91. The molecule has 0 amide bonds. The van der Waals surface area contributed by atoms with Crippen molar-refractivity contribution in [1.82, 2.24) is 5.32 Å². The van der Waals surface area contributed by atoms with Gasteiger partial charge in [0, 0.05) is 29.3 Å². The van der Waals surface area contributed by atoms with Crippen LogP contribution in [0.15, 0.2) is 71.1 Å². The SMILES string of the molecule is CCCOc1ccc([C@@H]2C(C(=O)OC)=C(C)NC3=C2C(=O)C[C@@H](c2ccccc2)C3)cc1OC. The Hall–Kier alpha value is -3.54. The van der Waals surface area contributed by atoms with Crippen molar-refractivity contribution in [3.05, 3.63) is 82.2 Å². The molecule has 4 rings (SSSR count). The first-order valence-electron chi connectivity index (χ1n) is 11.7. The molecule has 1 aliphatic carbocycles. The molecule has 34 heavy (non-hydrogen) atoms. The maximum absolute atomic E-state index is 13.6. The van der Waals surface area contributed by atoms with Crippen LogP contribution in [0.3, 0.4) is 0 Å². The molecule has 0 saturated carbocycles. The van der Waals surface area contributed by atoms with Crippen LogP contribution in [0.25, 0.3) is 0 Å². The zero-order valence-electron chi connectivity index (χ0n) is 20.1. The topological polar surface area (TPSA) is 73.9 Å². The molecular weight excluding hydrogens is 430 g/mol. The van der Waals surface area contributed by atoms with Crippen LogP contribution >= 0.6 is 0 Å². The van der Waals surface area contributed by atoms with Gasteiger partial charge in [0.25, 0.3) is 0 Å². The summed E-state index contributed by atoms with van der Waals surface area (Å²) in [6, 6.07) is 15.7. The van der Waals surface area contributed by atoms with Crippen LogP contribution in [0.4, 0.5) is 0 Å². The number of ketones is 1. The minimum absolute atomic E-state index is 0.0341. The zero-order valence-corrected chi connectivity index (χ0v) is 20.1. The largest absolute Gasteiger partial charge is 0.493 e. The molecule has 2 aromatic rings. The van der Waals surface area contributed by atoms with Crippen molar-refractivity contribution in [1.29, 1.82) is 0 Å². The molecule has 0 fully saturated rings. The lowest BCUT2D eigenvalue weighted by Gasteiger charge is -2.36. The number of hydrogen-bond acceptors (Lipinski definition) is 6. The monoisotopic (exact) mass is 461 g/mol. The van der Waals surface area contributed by atoms with Crippen molar-refractivity contribution in [2.75, 3.05) is 20.8 Å². The second-order valence-electron chi connectivity index (χ2n) is 8.68. The number of hydrogen-bond donors (Lipinski definition) is 1. The Morgan fingerprint density at radius 2 is 1.79 bits per heavy atom. The lowest BCUT2D eigenvalue weighted by molar-refractivity contribution is -0.136. The van der Waals surface area contributed by atoms with Crippen LogP contribution in [0.1, 0.15) is 56.1 Å². The Morgan fingerprint density at radius 3 is 2.47 bits per heavy atom. The molecule has 0 spiro atoms. The van der Waals surface area contributed by atoms with Gasteiger partial charge in [-0.2, -0.15) is 0 Å². The van der Waals surface area contributed by atoms with Crippen molar-refractivity contribution in [3.8, 4) is 11.5 Å². The quantitative estimate of drug-likeness (QED) is 0.584. The Bertz CT molecular complexity index is 1150. The molecule has 2 aromatic carbocycles. The van der Waals surface area contributed by atoms with E-state index in [9.17, 15) is 9.59 Å². The number of nitrogens with one attached hydrogen (secondary N) is 1. The lowest BCUT2D eigenvalue weighted by atomic mass is 9.71. The van der Waals surface area contributed by atoms with Crippen LogP contribution in [-0.4, -0.2) is 32.6 Å². The number of Topliss-reactive ketones (excluding diaryl/α,β-unsaturated/α-hetero) is 1. The van der Waals surface area contributed by atoms with Gasteiger partial charge >= 0.3 is 5.97 Å². The molecule has 1 N–H and O–H groups in total. The number of dihydropyridines is 1. The molecule has 0 saturated heterocycles. The van der Waals surface area contributed by atoms with E-state index in [1.54, 1.807) is 7.11 Å². The predicted molar refractivity (Wildman–Crippen MR) is 130 cm³/mol. The Morgan fingerprint density at radius 1 is 1.03 bits per heavy atom. The molecule has 178 valence electrons. The number of carbonyl (C=O) groups is 2. The van der Waals surface area contributed by atoms with E-state index in [4.69, 9.17) is 14.2 Å². The van der Waals surface area contributed by atoms with E-state index in [1.807, 2.05) is 50.2 Å². The van der Waals surface area contributed by atoms with Gasteiger partial charge in [-0.15, -0.1) is 0 Å². The number of carbonyl (C=O) groups excluding carboxylic acids is 2. The van der Waals surface area contributed by atoms with E-state index in [0.29, 0.717) is 47.8 Å². The van der Waals surface area contributed by atoms with E-state index >= 15 is 0 Å². The van der Waals surface area contributed by atoms with E-state index in [-0.39, 0.29) is 11.7 Å². The molecule has 2 aliphatic rings. The molecule has 1 heterocycles. The van der Waals surface area contributed by atoms with Crippen molar-refractivity contribution >= 4 is 11.8 Å². The third-order valence-corrected chi connectivity index (χ3v) is 6.49. The van der Waals surface area contributed by atoms with E-state index in [1.165, 1.54) is 7.11 Å². The van der Waals surface area contributed by atoms with Gasteiger partial charge in [-0.05, 0) is 48.9 Å². The number of methoxy groups -OCH3 is 2. The van der Waals surface area contributed by atoms with E-state index in [2.05, 4.69) is 17.4 Å². The molecule has 6 nitrogen and oxygen atoms in total. The van der Waals surface area contributed by atoms with Gasteiger partial charge < -0.3 is 19.5 Å². The van der Waals surface area contributed by atoms with Gasteiger partial charge in [0.2, 0.25) is 0 Å². The van der Waals surface area contributed by atoms with Crippen molar-refractivity contribution in [2.24, 2.45) is 0 Å². The van der Waals surface area contributed by atoms with Gasteiger partial charge in [-0.3, -0.25) is 4.79 Å². The number of benzene rings is 2.